The first-order valence-corrected chi connectivity index (χ1v) is 10.6. The highest BCUT2D eigenvalue weighted by Gasteiger charge is 2.35. The summed E-state index contributed by atoms with van der Waals surface area (Å²) in [4.78, 5) is 38.5. The summed E-state index contributed by atoms with van der Waals surface area (Å²) in [6.07, 6.45) is 8.61. The van der Waals surface area contributed by atoms with E-state index in [9.17, 15) is 14.4 Å². The molecule has 0 aromatic heterocycles. The molecule has 1 aliphatic heterocycles. The van der Waals surface area contributed by atoms with Crippen LogP contribution in [0.25, 0.3) is 6.08 Å². The topological polar surface area (TPSA) is 75.7 Å². The Hall–Kier alpha value is -1.93. The lowest BCUT2D eigenvalue weighted by Crippen LogP contribution is -2.54. The van der Waals surface area contributed by atoms with Gasteiger partial charge in [0.25, 0.3) is 11.8 Å². The van der Waals surface area contributed by atoms with Crippen LogP contribution in [-0.4, -0.2) is 36.4 Å². The third-order valence-corrected chi connectivity index (χ3v) is 5.82. The van der Waals surface area contributed by atoms with Gasteiger partial charge in [0.2, 0.25) is 0 Å². The summed E-state index contributed by atoms with van der Waals surface area (Å²) >= 11 is 6.79. The van der Waals surface area contributed by atoms with E-state index in [1.54, 1.807) is 12.1 Å². The van der Waals surface area contributed by atoms with Gasteiger partial charge in [0, 0.05) is 16.6 Å². The second-order valence-corrected chi connectivity index (χ2v) is 8.41. The van der Waals surface area contributed by atoms with E-state index < -0.39 is 17.8 Å². The van der Waals surface area contributed by atoms with Crippen LogP contribution in [0.3, 0.4) is 0 Å². The minimum Gasteiger partial charge on any atom is -0.495 e. The monoisotopic (exact) mass is 510 g/mol. The lowest BCUT2D eigenvalue weighted by atomic mass is 9.97. The fraction of sp³-hybridized carbons (Fsp3) is 0.350. The van der Waals surface area contributed by atoms with E-state index >= 15 is 0 Å². The van der Waals surface area contributed by atoms with Crippen molar-refractivity contribution in [3.63, 3.8) is 0 Å². The number of rotatable bonds is 5. The van der Waals surface area contributed by atoms with Crippen LogP contribution >= 0.6 is 31.9 Å². The predicted molar refractivity (Wildman–Crippen MR) is 113 cm³/mol. The van der Waals surface area contributed by atoms with Crippen molar-refractivity contribution in [2.24, 2.45) is 0 Å². The van der Waals surface area contributed by atoms with Gasteiger partial charge in [0.15, 0.2) is 0 Å². The number of imide groups is 2. The number of nitrogens with one attached hydrogen (secondary N) is 1. The molecule has 0 radical (unpaired) electrons. The molecule has 28 heavy (non-hydrogen) atoms. The Morgan fingerprint density at radius 2 is 2.00 bits per heavy atom. The number of carbonyl (C=O) groups excluding carboxylic acids is 3. The maximum atomic E-state index is 12.9. The predicted octanol–water partition coefficient (Wildman–Crippen LogP) is 4.57. The van der Waals surface area contributed by atoms with E-state index in [0.29, 0.717) is 22.2 Å². The third-order valence-electron chi connectivity index (χ3n) is 4.77. The summed E-state index contributed by atoms with van der Waals surface area (Å²) in [5, 5.41) is 2.26. The van der Waals surface area contributed by atoms with E-state index in [2.05, 4.69) is 43.3 Å². The fourth-order valence-electron chi connectivity index (χ4n) is 3.34. The Balaban J connectivity index is 1.87. The highest BCUT2D eigenvalue weighted by Crippen LogP contribution is 2.34. The summed E-state index contributed by atoms with van der Waals surface area (Å²) in [5.74, 6) is -0.809. The lowest BCUT2D eigenvalue weighted by molar-refractivity contribution is -0.130. The molecule has 2 aliphatic rings. The Labute approximate surface area is 180 Å². The maximum absolute atomic E-state index is 12.9. The molecule has 8 heteroatoms. The Kier molecular flexibility index (Phi) is 6.72. The van der Waals surface area contributed by atoms with Crippen molar-refractivity contribution in [3.05, 3.63) is 43.9 Å². The number of ether oxygens (including phenoxy) is 1. The molecule has 1 heterocycles. The molecule has 0 spiro atoms. The van der Waals surface area contributed by atoms with Crippen molar-refractivity contribution < 1.29 is 19.1 Å². The van der Waals surface area contributed by atoms with Gasteiger partial charge in [0.05, 0.1) is 11.6 Å². The van der Waals surface area contributed by atoms with Crippen molar-refractivity contribution >= 4 is 55.8 Å². The molecule has 1 saturated heterocycles. The van der Waals surface area contributed by atoms with Crippen molar-refractivity contribution in [1.29, 1.82) is 0 Å². The van der Waals surface area contributed by atoms with Gasteiger partial charge in [-0.15, -0.1) is 0 Å². The molecule has 6 nitrogen and oxygen atoms in total. The van der Waals surface area contributed by atoms with Crippen molar-refractivity contribution in [3.8, 4) is 5.75 Å². The molecular formula is C20H20Br2N2O4. The van der Waals surface area contributed by atoms with E-state index in [0.717, 1.165) is 28.6 Å². The van der Waals surface area contributed by atoms with E-state index in [4.69, 9.17) is 4.74 Å². The van der Waals surface area contributed by atoms with Crippen molar-refractivity contribution in [2.75, 3.05) is 13.7 Å². The molecule has 0 saturated carbocycles. The van der Waals surface area contributed by atoms with Crippen molar-refractivity contribution in [1.82, 2.24) is 10.2 Å². The van der Waals surface area contributed by atoms with Crippen LogP contribution in [0.1, 0.15) is 37.7 Å². The number of halogens is 2. The zero-order chi connectivity index (χ0) is 20.3. The first-order valence-electron chi connectivity index (χ1n) is 9.00. The van der Waals surface area contributed by atoms with Crippen LogP contribution in [0.15, 0.2) is 38.3 Å². The summed E-state index contributed by atoms with van der Waals surface area (Å²) in [7, 11) is 1.51. The average Bonchev–Trinajstić information content (AvgIpc) is 2.65. The Bertz CT molecular complexity index is 892. The van der Waals surface area contributed by atoms with Gasteiger partial charge < -0.3 is 4.74 Å². The summed E-state index contributed by atoms with van der Waals surface area (Å²) < 4.78 is 6.81. The van der Waals surface area contributed by atoms with Gasteiger partial charge in [-0.05, 0) is 66.2 Å². The molecule has 4 amide bonds. The number of nitrogens with zero attached hydrogens (tertiary/aromatic N) is 1. The summed E-state index contributed by atoms with van der Waals surface area (Å²) in [5.41, 5.74) is 1.71. The Morgan fingerprint density at radius 3 is 2.68 bits per heavy atom. The molecule has 0 bridgehead atoms. The number of hydrogen-bond acceptors (Lipinski definition) is 4. The largest absolute Gasteiger partial charge is 0.495 e. The van der Waals surface area contributed by atoms with Crippen LogP contribution < -0.4 is 10.1 Å². The normalized spacial score (nSPS) is 19.0. The van der Waals surface area contributed by atoms with Gasteiger partial charge in [0.1, 0.15) is 11.3 Å². The number of urea groups is 1. The molecule has 1 aromatic carbocycles. The lowest BCUT2D eigenvalue weighted by Gasteiger charge is -2.27. The second kappa shape index (κ2) is 9.05. The average molecular weight is 512 g/mol. The quantitative estimate of drug-likeness (QED) is 0.357. The third kappa shape index (κ3) is 4.55. The van der Waals surface area contributed by atoms with Crippen LogP contribution in [0, 0.1) is 0 Å². The SMILES string of the molecule is COc1c(Br)cc(Br)cc1C=C1C(=O)NC(=O)N(CCC2=CCCCC2)C1=O. The van der Waals surface area contributed by atoms with Gasteiger partial charge in [-0.3, -0.25) is 19.8 Å². The van der Waals surface area contributed by atoms with E-state index in [-0.39, 0.29) is 12.1 Å². The van der Waals surface area contributed by atoms with Gasteiger partial charge in [-0.25, -0.2) is 4.79 Å². The number of amides is 4. The molecule has 0 unspecified atom stereocenters. The number of carbonyl (C=O) groups is 3. The van der Waals surface area contributed by atoms with E-state index in [1.807, 2.05) is 0 Å². The van der Waals surface area contributed by atoms with Crippen LogP contribution in [0.5, 0.6) is 5.75 Å². The number of hydrogen-bond donors (Lipinski definition) is 1. The van der Waals surface area contributed by atoms with Gasteiger partial charge in [-0.2, -0.15) is 0 Å². The minimum atomic E-state index is -0.707. The standard InChI is InChI=1S/C20H20Br2N2O4/c1-28-17-13(9-14(21)11-16(17)22)10-15-18(25)23-20(27)24(19(15)26)8-7-12-5-3-2-4-6-12/h5,9-11H,2-4,6-8H2,1H3,(H,23,25,27). The zero-order valence-electron chi connectivity index (χ0n) is 15.4. The Morgan fingerprint density at radius 1 is 1.21 bits per heavy atom. The highest BCUT2D eigenvalue weighted by molar-refractivity contribution is 9.11. The summed E-state index contributed by atoms with van der Waals surface area (Å²) in [6.45, 7) is 0.250. The van der Waals surface area contributed by atoms with E-state index in [1.165, 1.54) is 25.2 Å². The number of benzene rings is 1. The number of methoxy groups -OCH3 is 1. The highest BCUT2D eigenvalue weighted by atomic mass is 79.9. The first kappa shape index (κ1) is 20.8. The molecule has 1 N–H and O–H groups in total. The zero-order valence-corrected chi connectivity index (χ0v) is 18.6. The fourth-order valence-corrected chi connectivity index (χ4v) is 4.76. The van der Waals surface area contributed by atoms with Gasteiger partial charge in [-0.1, -0.05) is 27.6 Å². The van der Waals surface area contributed by atoms with Crippen LogP contribution in [0.4, 0.5) is 4.79 Å². The van der Waals surface area contributed by atoms with Crippen LogP contribution in [-0.2, 0) is 9.59 Å². The molecular weight excluding hydrogens is 492 g/mol. The molecule has 3 rings (SSSR count). The summed E-state index contributed by atoms with van der Waals surface area (Å²) in [6, 6.07) is 2.87. The van der Waals surface area contributed by atoms with Crippen molar-refractivity contribution in [2.45, 2.75) is 32.1 Å². The first-order chi connectivity index (χ1) is 13.4. The van der Waals surface area contributed by atoms with Crippen LogP contribution in [0.2, 0.25) is 0 Å². The minimum absolute atomic E-state index is 0.0967. The second-order valence-electron chi connectivity index (χ2n) is 6.64. The smallest absolute Gasteiger partial charge is 0.331 e. The molecule has 1 aliphatic carbocycles. The van der Waals surface area contributed by atoms with Gasteiger partial charge >= 0.3 is 6.03 Å². The maximum Gasteiger partial charge on any atom is 0.331 e. The molecule has 1 aromatic rings. The number of barbiturate groups is 1. The molecule has 0 atom stereocenters. The number of allylic oxidation sites excluding steroid dienone is 1. The molecule has 1 fully saturated rings. The molecule has 148 valence electrons.